The van der Waals surface area contributed by atoms with Crippen molar-refractivity contribution in [2.75, 3.05) is 118 Å². The second kappa shape index (κ2) is 46.3. The van der Waals surface area contributed by atoms with Crippen LogP contribution < -0.4 is 21.3 Å². The van der Waals surface area contributed by atoms with Gasteiger partial charge in [-0.1, -0.05) is 37.1 Å². The Hall–Kier alpha value is -8.89. The Morgan fingerprint density at radius 3 is 1.36 bits per heavy atom. The summed E-state index contributed by atoms with van der Waals surface area (Å²) in [6, 6.07) is 7.07. The molecule has 33 nitrogen and oxygen atoms in total. The fourth-order valence-electron chi connectivity index (χ4n) is 10.6. The predicted molar refractivity (Wildman–Crippen MR) is 345 cm³/mol. The molecule has 0 unspecified atom stereocenters. The molecule has 2 atom stereocenters. The number of carboxylic acids is 7. The molecule has 1 fully saturated rings. The molecule has 3 rings (SSSR count). The first kappa shape index (κ1) is 82.3. The second-order valence-electron chi connectivity index (χ2n) is 23.9. The predicted octanol–water partition coefficient (Wildman–Crippen LogP) is 0.690. The maximum atomic E-state index is 13.2. The van der Waals surface area contributed by atoms with Crippen molar-refractivity contribution in [2.24, 2.45) is 0 Å². The molecule has 13 N–H and O–H groups in total. The molecule has 33 heteroatoms. The second-order valence-corrected chi connectivity index (χ2v) is 23.9. The van der Waals surface area contributed by atoms with E-state index in [1.807, 2.05) is 4.90 Å². The van der Waals surface area contributed by atoms with Crippen molar-refractivity contribution in [1.82, 2.24) is 50.7 Å². The number of urea groups is 1. The number of nitrogens with one attached hydrogen (secondary N) is 4. The topological polar surface area (TPSA) is 481 Å². The molecule has 1 aliphatic heterocycles. The largest absolute Gasteiger partial charge is 0.508 e. The van der Waals surface area contributed by atoms with Crippen LogP contribution in [0.4, 0.5) is 4.79 Å². The molecule has 540 valence electrons. The first-order chi connectivity index (χ1) is 46.2. The number of rotatable bonds is 49. The van der Waals surface area contributed by atoms with E-state index < -0.39 is 79.6 Å². The summed E-state index contributed by atoms with van der Waals surface area (Å²) in [4.78, 5) is 166. The highest BCUT2D eigenvalue weighted by molar-refractivity contribution is 5.83. The number of carbonyl (C=O) groups is 13. The Bertz CT molecular complexity index is 2890. The molecule has 0 aliphatic carbocycles. The van der Waals surface area contributed by atoms with Crippen LogP contribution in [0.15, 0.2) is 36.4 Å². The molecular formula is C64H96N10O23. The third-order valence-corrected chi connectivity index (χ3v) is 15.8. The first-order valence-electron chi connectivity index (χ1n) is 32.4. The number of benzene rings is 2. The monoisotopic (exact) mass is 1370 g/mol. The Labute approximate surface area is 562 Å². The molecule has 0 radical (unpaired) electrons. The van der Waals surface area contributed by atoms with Gasteiger partial charge in [-0.05, 0) is 74.6 Å². The van der Waals surface area contributed by atoms with Crippen LogP contribution in [0.25, 0.3) is 0 Å². The average Bonchev–Trinajstić information content (AvgIpc) is 1.07. The van der Waals surface area contributed by atoms with Gasteiger partial charge >= 0.3 is 47.8 Å². The van der Waals surface area contributed by atoms with Crippen LogP contribution in [-0.4, -0.2) is 283 Å². The fourth-order valence-corrected chi connectivity index (χ4v) is 10.6. The van der Waals surface area contributed by atoms with E-state index in [0.717, 1.165) is 5.56 Å². The summed E-state index contributed by atoms with van der Waals surface area (Å²) in [5, 5.41) is 97.9. The summed E-state index contributed by atoms with van der Waals surface area (Å²) < 4.78 is 4.85. The van der Waals surface area contributed by atoms with Gasteiger partial charge in [-0.2, -0.15) is 0 Å². The molecule has 0 spiro atoms. The van der Waals surface area contributed by atoms with Crippen molar-refractivity contribution >= 4 is 77.7 Å². The van der Waals surface area contributed by atoms with E-state index in [9.17, 15) is 103 Å². The summed E-state index contributed by atoms with van der Waals surface area (Å²) in [7, 11) is 0. The minimum absolute atomic E-state index is 0.000633. The number of ketones is 2. The number of carbonyl (C=O) groups excluding carboxylic acids is 6. The number of ether oxygens (including phenoxy) is 1. The molecule has 1 aliphatic rings. The van der Waals surface area contributed by atoms with Gasteiger partial charge in [0.25, 0.3) is 6.47 Å². The van der Waals surface area contributed by atoms with Crippen molar-refractivity contribution in [3.05, 3.63) is 58.7 Å². The third kappa shape index (κ3) is 38.4. The zero-order valence-corrected chi connectivity index (χ0v) is 54.8. The lowest BCUT2D eigenvalue weighted by Gasteiger charge is -2.32. The highest BCUT2D eigenvalue weighted by Gasteiger charge is 2.25. The summed E-state index contributed by atoms with van der Waals surface area (Å²) >= 11 is 0. The molecule has 1 saturated heterocycles. The zero-order chi connectivity index (χ0) is 71.7. The SMILES string of the molecule is O=CO[C@H](CCCCNC(=O)CCCCCCC(=O)CCc1ccc(O)c(CN(CCN(CC(=O)O)Cc2cc(CCC(=O)NCCCC(=O)CN3CCN(CC(=O)O)CCN(CC(=O)O)CCN(CC(=O)O)CC3)ccc2O)CC(=O)O)c1)NC(=O)N[C@@H](CCC(=O)O)C(=O)O. The van der Waals surface area contributed by atoms with Crippen LogP contribution in [0.1, 0.15) is 119 Å². The van der Waals surface area contributed by atoms with Crippen molar-refractivity contribution in [1.29, 1.82) is 0 Å². The van der Waals surface area contributed by atoms with E-state index in [1.165, 1.54) is 21.9 Å². The fraction of sp³-hybridized carbons (Fsp3) is 0.609. The van der Waals surface area contributed by atoms with Crippen molar-refractivity contribution in [2.45, 2.75) is 135 Å². The number of nitrogens with zero attached hydrogens (tertiary/aromatic N) is 6. The van der Waals surface area contributed by atoms with Gasteiger partial charge in [-0.25, -0.2) is 9.59 Å². The Kier molecular flexibility index (Phi) is 39.3. The van der Waals surface area contributed by atoms with E-state index in [1.54, 1.807) is 39.0 Å². The van der Waals surface area contributed by atoms with E-state index in [0.29, 0.717) is 81.0 Å². The molecule has 2 aromatic carbocycles. The summed E-state index contributed by atoms with van der Waals surface area (Å²) in [6.07, 6.45) is 3.50. The van der Waals surface area contributed by atoms with E-state index in [4.69, 9.17) is 9.84 Å². The maximum absolute atomic E-state index is 13.2. The molecule has 4 amide bonds. The number of hydrogen-bond acceptors (Lipinski definition) is 22. The van der Waals surface area contributed by atoms with Crippen LogP contribution >= 0.6 is 0 Å². The van der Waals surface area contributed by atoms with Gasteiger partial charge in [-0.15, -0.1) is 0 Å². The van der Waals surface area contributed by atoms with Crippen molar-refractivity contribution in [3.63, 3.8) is 0 Å². The number of aliphatic carboxylic acids is 7. The van der Waals surface area contributed by atoms with Gasteiger partial charge < -0.3 is 72.0 Å². The number of unbranched alkanes of at least 4 members (excludes halogenated alkanes) is 4. The van der Waals surface area contributed by atoms with Gasteiger partial charge in [0.2, 0.25) is 11.8 Å². The van der Waals surface area contributed by atoms with Crippen LogP contribution in [-0.2, 0) is 88.2 Å². The lowest BCUT2D eigenvalue weighted by molar-refractivity contribution is -0.141. The normalized spacial score (nSPS) is 14.2. The smallest absolute Gasteiger partial charge is 0.326 e. The zero-order valence-electron chi connectivity index (χ0n) is 54.8. The van der Waals surface area contributed by atoms with Gasteiger partial charge in [0.15, 0.2) is 6.23 Å². The van der Waals surface area contributed by atoms with Gasteiger partial charge in [0.05, 0.1) is 39.3 Å². The van der Waals surface area contributed by atoms with Gasteiger partial charge in [0, 0.05) is 148 Å². The number of aromatic hydroxyl groups is 2. The maximum Gasteiger partial charge on any atom is 0.326 e. The van der Waals surface area contributed by atoms with E-state index >= 15 is 0 Å². The van der Waals surface area contributed by atoms with Crippen LogP contribution in [0, 0.1) is 0 Å². The molecule has 1 heterocycles. The number of carboxylic acid groups (broad SMARTS) is 7. The number of phenolic OH excluding ortho intramolecular Hbond substituents is 2. The highest BCUT2D eigenvalue weighted by atomic mass is 16.5. The number of aryl methyl sites for hydroxylation is 2. The lowest BCUT2D eigenvalue weighted by Crippen LogP contribution is -2.49. The van der Waals surface area contributed by atoms with Crippen molar-refractivity contribution in [3.8, 4) is 11.5 Å². The summed E-state index contributed by atoms with van der Waals surface area (Å²) in [6.45, 7) is 0.742. The third-order valence-electron chi connectivity index (χ3n) is 15.8. The molecule has 0 bridgehead atoms. The number of Topliss-reactive ketones (excluding diaryl/α,β-unsaturated/α-hetero) is 2. The van der Waals surface area contributed by atoms with Crippen molar-refractivity contribution < 1.29 is 113 Å². The Morgan fingerprint density at radius 1 is 0.464 bits per heavy atom. The molecule has 97 heavy (non-hydrogen) atoms. The molecule has 0 saturated carbocycles. The lowest BCUT2D eigenvalue weighted by atomic mass is 10.0. The Morgan fingerprint density at radius 2 is 0.907 bits per heavy atom. The molecular weight excluding hydrogens is 1280 g/mol. The molecule has 0 aromatic heterocycles. The van der Waals surface area contributed by atoms with E-state index in [2.05, 4.69) is 21.3 Å². The van der Waals surface area contributed by atoms with Crippen LogP contribution in [0.3, 0.4) is 0 Å². The number of amides is 4. The van der Waals surface area contributed by atoms with Gasteiger partial charge in [0.1, 0.15) is 29.1 Å². The quantitative estimate of drug-likeness (QED) is 0.0246. The highest BCUT2D eigenvalue weighted by Crippen LogP contribution is 2.24. The number of phenols is 2. The minimum atomic E-state index is -1.47. The Balaban J connectivity index is 1.43. The standard InChI is InChI=1S/C64H96N10O23/c75-44-97-56(68-64(96)67-51(63(94)95)17-21-57(82)83)11-5-6-22-65-54(80)10-4-2-1-3-8-49(76)16-12-45-13-18-52(78)47(34-45)36-73(42-61(90)91)32-33-74(43-62(92)93)37-48-35-46(14-19-53(48)79)15-20-55(81)66-23-7-9-50(77)38-69-24-26-70(39-58(84)85)28-30-72(41-60(88)89)31-29-71(27-25-69)40-59(86)87/h13-14,18-19,34-35,44,51,56,78-79H,1-12,15-17,20-33,36-43H2,(H,65,80)(H,66,81)(H,82,83)(H,84,85)(H,86,87)(H,88,89)(H,90,91)(H,92,93)(H,94,95)(H2,67,68,96)/t51-,56+/m0/s1. The average molecular weight is 1370 g/mol. The molecule has 2 aromatic rings. The first-order valence-corrected chi connectivity index (χ1v) is 32.4. The van der Waals surface area contributed by atoms with E-state index in [-0.39, 0.29) is 198 Å². The number of hydrogen-bond donors (Lipinski definition) is 13. The summed E-state index contributed by atoms with van der Waals surface area (Å²) in [5.74, 6) is -9.11. The van der Waals surface area contributed by atoms with Crippen LogP contribution in [0.5, 0.6) is 11.5 Å². The van der Waals surface area contributed by atoms with Gasteiger partial charge in [-0.3, -0.25) is 82.1 Å². The summed E-state index contributed by atoms with van der Waals surface area (Å²) in [5.41, 5.74) is 2.12. The van der Waals surface area contributed by atoms with Crippen LogP contribution in [0.2, 0.25) is 0 Å². The minimum Gasteiger partial charge on any atom is -0.508 e.